The van der Waals surface area contributed by atoms with Crippen LogP contribution in [-0.2, 0) is 6.42 Å². The van der Waals surface area contributed by atoms with Gasteiger partial charge < -0.3 is 5.32 Å². The minimum Gasteiger partial charge on any atom is -0.309 e. The molecular weight excluding hydrogens is 314 g/mol. The second-order valence-electron chi connectivity index (χ2n) is 5.40. The maximum absolute atomic E-state index is 4.49. The van der Waals surface area contributed by atoms with Crippen LogP contribution in [0.5, 0.6) is 0 Å². The van der Waals surface area contributed by atoms with Gasteiger partial charge in [0.05, 0.1) is 16.2 Å². The van der Waals surface area contributed by atoms with Crippen molar-refractivity contribution in [3.8, 4) is 11.3 Å². The molecule has 0 amide bonds. The molecule has 1 aromatic carbocycles. The first-order valence-electron chi connectivity index (χ1n) is 7.36. The number of H-pyrrole nitrogens is 1. The zero-order valence-corrected chi connectivity index (χ0v) is 13.3. The SMILES string of the molecule is CCCc1ccc(-c2n[nH]c(C3CCCN3)c2Br)cc1. The molecule has 1 atom stereocenters. The number of hydrogen-bond donors (Lipinski definition) is 2. The molecule has 1 saturated heterocycles. The van der Waals surface area contributed by atoms with Crippen molar-refractivity contribution in [2.45, 2.75) is 38.6 Å². The summed E-state index contributed by atoms with van der Waals surface area (Å²) in [6.07, 6.45) is 4.73. The van der Waals surface area contributed by atoms with Gasteiger partial charge in [0.1, 0.15) is 5.69 Å². The van der Waals surface area contributed by atoms with E-state index in [1.807, 2.05) is 0 Å². The Morgan fingerprint density at radius 1 is 1.30 bits per heavy atom. The van der Waals surface area contributed by atoms with Gasteiger partial charge >= 0.3 is 0 Å². The van der Waals surface area contributed by atoms with Gasteiger partial charge in [-0.3, -0.25) is 5.10 Å². The Bertz CT molecular complexity index is 568. The van der Waals surface area contributed by atoms with E-state index in [9.17, 15) is 0 Å². The summed E-state index contributed by atoms with van der Waals surface area (Å²) in [7, 11) is 0. The molecule has 106 valence electrons. The standard InChI is InChI=1S/C16H20BrN3/c1-2-4-11-6-8-12(9-7-11)15-14(17)16(20-19-15)13-5-3-10-18-13/h6-9,13,18H,2-5,10H2,1H3,(H,19,20). The third-order valence-corrected chi connectivity index (χ3v) is 4.71. The van der Waals surface area contributed by atoms with Crippen molar-refractivity contribution < 1.29 is 0 Å². The molecule has 2 aromatic rings. The van der Waals surface area contributed by atoms with E-state index in [1.165, 1.54) is 30.5 Å². The summed E-state index contributed by atoms with van der Waals surface area (Å²) in [4.78, 5) is 0. The van der Waals surface area contributed by atoms with E-state index in [0.717, 1.165) is 28.7 Å². The van der Waals surface area contributed by atoms with E-state index in [0.29, 0.717) is 6.04 Å². The van der Waals surface area contributed by atoms with Gasteiger partial charge in [0, 0.05) is 5.56 Å². The van der Waals surface area contributed by atoms with Crippen LogP contribution in [0.1, 0.15) is 43.5 Å². The minimum atomic E-state index is 0.407. The van der Waals surface area contributed by atoms with Crippen LogP contribution < -0.4 is 5.32 Å². The Morgan fingerprint density at radius 2 is 2.10 bits per heavy atom. The van der Waals surface area contributed by atoms with Crippen LogP contribution in [0.3, 0.4) is 0 Å². The van der Waals surface area contributed by atoms with Crippen molar-refractivity contribution in [1.82, 2.24) is 15.5 Å². The molecule has 1 aliphatic rings. The molecule has 3 nitrogen and oxygen atoms in total. The first-order chi connectivity index (χ1) is 9.79. The van der Waals surface area contributed by atoms with Gasteiger partial charge in [0.25, 0.3) is 0 Å². The molecular formula is C16H20BrN3. The Hall–Kier alpha value is -1.13. The van der Waals surface area contributed by atoms with Gasteiger partial charge in [0.2, 0.25) is 0 Å². The minimum absolute atomic E-state index is 0.407. The monoisotopic (exact) mass is 333 g/mol. The zero-order valence-electron chi connectivity index (χ0n) is 11.7. The highest BCUT2D eigenvalue weighted by molar-refractivity contribution is 9.10. The molecule has 1 aliphatic heterocycles. The normalized spacial score (nSPS) is 18.6. The van der Waals surface area contributed by atoms with Gasteiger partial charge in [-0.15, -0.1) is 0 Å². The van der Waals surface area contributed by atoms with E-state index in [4.69, 9.17) is 0 Å². The molecule has 2 heterocycles. The Kier molecular flexibility index (Phi) is 4.22. The summed E-state index contributed by atoms with van der Waals surface area (Å²) >= 11 is 3.71. The topological polar surface area (TPSA) is 40.7 Å². The van der Waals surface area contributed by atoms with Crippen molar-refractivity contribution in [3.05, 3.63) is 40.0 Å². The van der Waals surface area contributed by atoms with Crippen molar-refractivity contribution in [3.63, 3.8) is 0 Å². The van der Waals surface area contributed by atoms with E-state index in [2.05, 4.69) is 62.6 Å². The number of aryl methyl sites for hydroxylation is 1. The molecule has 0 aliphatic carbocycles. The molecule has 1 fully saturated rings. The summed E-state index contributed by atoms with van der Waals surface area (Å²) in [5.74, 6) is 0. The summed E-state index contributed by atoms with van der Waals surface area (Å²) in [5.41, 5.74) is 4.74. The second kappa shape index (κ2) is 6.10. The maximum atomic E-state index is 4.49. The molecule has 2 N–H and O–H groups in total. The first kappa shape index (κ1) is 13.8. The highest BCUT2D eigenvalue weighted by Crippen LogP contribution is 2.34. The van der Waals surface area contributed by atoms with Crippen LogP contribution in [0.25, 0.3) is 11.3 Å². The van der Waals surface area contributed by atoms with Crippen molar-refractivity contribution in [2.24, 2.45) is 0 Å². The predicted molar refractivity (Wildman–Crippen MR) is 85.7 cm³/mol. The fourth-order valence-corrected chi connectivity index (χ4v) is 3.50. The van der Waals surface area contributed by atoms with Gasteiger partial charge in [0.15, 0.2) is 0 Å². The fraction of sp³-hybridized carbons (Fsp3) is 0.438. The molecule has 1 unspecified atom stereocenters. The van der Waals surface area contributed by atoms with Crippen molar-refractivity contribution in [1.29, 1.82) is 0 Å². The summed E-state index contributed by atoms with van der Waals surface area (Å²) in [6, 6.07) is 9.14. The van der Waals surface area contributed by atoms with Gasteiger partial charge in [-0.25, -0.2) is 0 Å². The van der Waals surface area contributed by atoms with Crippen LogP contribution in [0.2, 0.25) is 0 Å². The molecule has 3 rings (SSSR count). The van der Waals surface area contributed by atoms with Crippen molar-refractivity contribution >= 4 is 15.9 Å². The average Bonchev–Trinajstić information content (AvgIpc) is 3.09. The van der Waals surface area contributed by atoms with Crippen LogP contribution in [0, 0.1) is 0 Å². The molecule has 4 heteroatoms. The number of rotatable bonds is 4. The Balaban J connectivity index is 1.86. The van der Waals surface area contributed by atoms with Crippen LogP contribution >= 0.6 is 15.9 Å². The molecule has 20 heavy (non-hydrogen) atoms. The molecule has 0 radical (unpaired) electrons. The van der Waals surface area contributed by atoms with E-state index in [1.54, 1.807) is 0 Å². The highest BCUT2D eigenvalue weighted by Gasteiger charge is 2.23. The Labute approximate surface area is 128 Å². The van der Waals surface area contributed by atoms with Crippen molar-refractivity contribution in [2.75, 3.05) is 6.54 Å². The maximum Gasteiger partial charge on any atom is 0.107 e. The van der Waals surface area contributed by atoms with Gasteiger partial charge in [-0.05, 0) is 47.3 Å². The van der Waals surface area contributed by atoms with Gasteiger partial charge in [-0.2, -0.15) is 5.10 Å². The van der Waals surface area contributed by atoms with E-state index in [-0.39, 0.29) is 0 Å². The lowest BCUT2D eigenvalue weighted by atomic mass is 10.1. The van der Waals surface area contributed by atoms with Crippen LogP contribution in [0.15, 0.2) is 28.7 Å². The largest absolute Gasteiger partial charge is 0.309 e. The van der Waals surface area contributed by atoms with Crippen LogP contribution in [-0.4, -0.2) is 16.7 Å². The lowest BCUT2D eigenvalue weighted by molar-refractivity contribution is 0.623. The number of halogens is 1. The Morgan fingerprint density at radius 3 is 2.75 bits per heavy atom. The zero-order chi connectivity index (χ0) is 13.9. The first-order valence-corrected chi connectivity index (χ1v) is 8.15. The highest BCUT2D eigenvalue weighted by atomic mass is 79.9. The lowest BCUT2D eigenvalue weighted by Crippen LogP contribution is -2.13. The number of benzene rings is 1. The average molecular weight is 334 g/mol. The molecule has 0 spiro atoms. The number of nitrogens with one attached hydrogen (secondary N) is 2. The van der Waals surface area contributed by atoms with E-state index < -0.39 is 0 Å². The number of aromatic amines is 1. The fourth-order valence-electron chi connectivity index (χ4n) is 2.81. The lowest BCUT2D eigenvalue weighted by Gasteiger charge is -2.08. The van der Waals surface area contributed by atoms with E-state index >= 15 is 0 Å². The summed E-state index contributed by atoms with van der Waals surface area (Å²) in [6.45, 7) is 3.30. The summed E-state index contributed by atoms with van der Waals surface area (Å²) in [5, 5.41) is 11.2. The predicted octanol–water partition coefficient (Wildman–Crippen LogP) is 4.22. The van der Waals surface area contributed by atoms with Crippen LogP contribution in [0.4, 0.5) is 0 Å². The summed E-state index contributed by atoms with van der Waals surface area (Å²) < 4.78 is 1.10. The molecule has 0 bridgehead atoms. The quantitative estimate of drug-likeness (QED) is 0.879. The number of nitrogens with zero attached hydrogens (tertiary/aromatic N) is 1. The third kappa shape index (κ3) is 2.67. The molecule has 0 saturated carbocycles. The number of aromatic nitrogens is 2. The number of hydrogen-bond acceptors (Lipinski definition) is 2. The third-order valence-electron chi connectivity index (χ3n) is 3.91. The molecule has 1 aromatic heterocycles. The van der Waals surface area contributed by atoms with Gasteiger partial charge in [-0.1, -0.05) is 37.6 Å². The smallest absolute Gasteiger partial charge is 0.107 e. The second-order valence-corrected chi connectivity index (χ2v) is 6.19.